The van der Waals surface area contributed by atoms with Crippen molar-refractivity contribution < 1.29 is 0 Å². The van der Waals surface area contributed by atoms with Crippen molar-refractivity contribution in [3.8, 4) is 0 Å². The Morgan fingerprint density at radius 2 is 1.88 bits per heavy atom. The first-order chi connectivity index (χ1) is 7.81. The average molecular weight is 236 g/mol. The van der Waals surface area contributed by atoms with Crippen LogP contribution < -0.4 is 5.73 Å². The van der Waals surface area contributed by atoms with Gasteiger partial charge in [-0.3, -0.25) is 0 Å². The maximum Gasteiger partial charge on any atom is 0.0962 e. The van der Waals surface area contributed by atoms with Gasteiger partial charge in [0.15, 0.2) is 0 Å². The molecule has 0 spiro atoms. The van der Waals surface area contributed by atoms with E-state index in [1.165, 1.54) is 19.3 Å². The third kappa shape index (κ3) is 2.86. The Balaban J connectivity index is 2.20. The Bertz CT molecular complexity index is 376. The van der Waals surface area contributed by atoms with E-state index < -0.39 is 0 Å². The van der Waals surface area contributed by atoms with E-state index >= 15 is 0 Å². The van der Waals surface area contributed by atoms with Crippen molar-refractivity contribution in [2.75, 3.05) is 0 Å². The third-order valence-electron chi connectivity index (χ3n) is 3.67. The summed E-state index contributed by atoms with van der Waals surface area (Å²) in [5.41, 5.74) is 7.22. The summed E-state index contributed by atoms with van der Waals surface area (Å²) < 4.78 is 2.02. The fourth-order valence-electron chi connectivity index (χ4n) is 3.56. The van der Waals surface area contributed by atoms with Gasteiger partial charge in [-0.05, 0) is 30.1 Å². The monoisotopic (exact) mass is 236 g/mol. The van der Waals surface area contributed by atoms with Crippen LogP contribution in [-0.4, -0.2) is 15.0 Å². The molecule has 0 saturated heterocycles. The zero-order valence-corrected chi connectivity index (χ0v) is 11.4. The second kappa shape index (κ2) is 4.09. The summed E-state index contributed by atoms with van der Waals surface area (Å²) >= 11 is 0. The lowest BCUT2D eigenvalue weighted by Gasteiger charge is -2.44. The van der Waals surface area contributed by atoms with E-state index in [2.05, 4.69) is 38.0 Å². The average Bonchev–Trinajstić information content (AvgIpc) is 2.60. The first-order valence-corrected chi connectivity index (χ1v) is 6.42. The fraction of sp³-hybridized carbons (Fsp3) is 0.846. The summed E-state index contributed by atoms with van der Waals surface area (Å²) in [6, 6.07) is 0.460. The summed E-state index contributed by atoms with van der Waals surface area (Å²) in [6.45, 7) is 9.87. The third-order valence-corrected chi connectivity index (χ3v) is 3.67. The first kappa shape index (κ1) is 12.6. The zero-order valence-electron chi connectivity index (χ0n) is 11.4. The standard InChI is InChI=1S/C13H24N4/c1-12(2)5-11(6-13(3,4)9-12)17-8-10(7-14)15-16-17/h8,11H,5-7,9,14H2,1-4H3. The van der Waals surface area contributed by atoms with Gasteiger partial charge in [0.05, 0.1) is 17.9 Å². The van der Waals surface area contributed by atoms with Gasteiger partial charge < -0.3 is 5.73 Å². The first-order valence-electron chi connectivity index (χ1n) is 6.42. The van der Waals surface area contributed by atoms with Crippen molar-refractivity contribution in [1.82, 2.24) is 15.0 Å². The lowest BCUT2D eigenvalue weighted by molar-refractivity contribution is 0.0665. The molecule has 17 heavy (non-hydrogen) atoms. The molecule has 0 atom stereocenters. The summed E-state index contributed by atoms with van der Waals surface area (Å²) in [7, 11) is 0. The molecule has 2 N–H and O–H groups in total. The molecule has 0 radical (unpaired) electrons. The number of nitrogens with two attached hydrogens (primary N) is 1. The molecule has 0 aliphatic heterocycles. The molecule has 0 aromatic carbocycles. The van der Waals surface area contributed by atoms with Gasteiger partial charge in [-0.15, -0.1) is 5.10 Å². The molecule has 1 aromatic rings. The molecule has 1 fully saturated rings. The van der Waals surface area contributed by atoms with E-state index in [0.29, 0.717) is 23.4 Å². The maximum absolute atomic E-state index is 5.58. The Kier molecular flexibility index (Phi) is 3.02. The van der Waals surface area contributed by atoms with Crippen LogP contribution in [-0.2, 0) is 6.54 Å². The smallest absolute Gasteiger partial charge is 0.0962 e. The van der Waals surface area contributed by atoms with Crippen LogP contribution in [0.15, 0.2) is 6.20 Å². The van der Waals surface area contributed by atoms with E-state index in [4.69, 9.17) is 5.73 Å². The van der Waals surface area contributed by atoms with Crippen LogP contribution in [0.4, 0.5) is 0 Å². The highest BCUT2D eigenvalue weighted by Crippen LogP contribution is 2.49. The molecule has 4 heteroatoms. The zero-order chi connectivity index (χ0) is 12.7. The van der Waals surface area contributed by atoms with Gasteiger partial charge in [0.25, 0.3) is 0 Å². The highest BCUT2D eigenvalue weighted by molar-refractivity contribution is 4.96. The van der Waals surface area contributed by atoms with Crippen molar-refractivity contribution in [2.24, 2.45) is 16.6 Å². The summed E-state index contributed by atoms with van der Waals surface area (Å²) in [4.78, 5) is 0. The number of nitrogens with zero attached hydrogens (tertiary/aromatic N) is 3. The molecular formula is C13H24N4. The number of hydrogen-bond donors (Lipinski definition) is 1. The second-order valence-corrected chi connectivity index (χ2v) is 6.96. The van der Waals surface area contributed by atoms with E-state index in [0.717, 1.165) is 5.69 Å². The van der Waals surface area contributed by atoms with Crippen LogP contribution in [0.1, 0.15) is 58.7 Å². The minimum Gasteiger partial charge on any atom is -0.325 e. The van der Waals surface area contributed by atoms with Crippen LogP contribution >= 0.6 is 0 Å². The quantitative estimate of drug-likeness (QED) is 0.858. The van der Waals surface area contributed by atoms with Gasteiger partial charge in [-0.25, -0.2) is 4.68 Å². The van der Waals surface area contributed by atoms with Gasteiger partial charge in [-0.2, -0.15) is 0 Å². The molecule has 96 valence electrons. The van der Waals surface area contributed by atoms with Crippen LogP contribution in [0.3, 0.4) is 0 Å². The Morgan fingerprint density at radius 3 is 2.35 bits per heavy atom. The normalized spacial score (nSPS) is 23.8. The van der Waals surface area contributed by atoms with Gasteiger partial charge in [-0.1, -0.05) is 32.9 Å². The van der Waals surface area contributed by atoms with Crippen molar-refractivity contribution in [2.45, 2.75) is 59.5 Å². The second-order valence-electron chi connectivity index (χ2n) is 6.96. The molecule has 4 nitrogen and oxygen atoms in total. The Labute approximate surface area is 104 Å². The van der Waals surface area contributed by atoms with Gasteiger partial charge in [0.1, 0.15) is 0 Å². The lowest BCUT2D eigenvalue weighted by atomic mass is 9.63. The van der Waals surface area contributed by atoms with E-state index in [9.17, 15) is 0 Å². The topological polar surface area (TPSA) is 56.7 Å². The molecule has 1 heterocycles. The SMILES string of the molecule is CC1(C)CC(n2cc(CN)nn2)CC(C)(C)C1. The molecule has 1 aliphatic carbocycles. The predicted molar refractivity (Wildman–Crippen MR) is 68.4 cm³/mol. The highest BCUT2D eigenvalue weighted by atomic mass is 15.4. The molecule has 1 aromatic heterocycles. The van der Waals surface area contributed by atoms with Gasteiger partial charge >= 0.3 is 0 Å². The van der Waals surface area contributed by atoms with Crippen LogP contribution in [0, 0.1) is 10.8 Å². The molecular weight excluding hydrogens is 212 g/mol. The number of rotatable bonds is 2. The maximum atomic E-state index is 5.58. The summed E-state index contributed by atoms with van der Waals surface area (Å²) in [6.07, 6.45) is 5.62. The summed E-state index contributed by atoms with van der Waals surface area (Å²) in [5, 5.41) is 8.32. The largest absolute Gasteiger partial charge is 0.325 e. The summed E-state index contributed by atoms with van der Waals surface area (Å²) in [5.74, 6) is 0. The molecule has 0 bridgehead atoms. The van der Waals surface area contributed by atoms with Crippen LogP contribution in [0.5, 0.6) is 0 Å². The lowest BCUT2D eigenvalue weighted by Crippen LogP contribution is -2.35. The highest BCUT2D eigenvalue weighted by Gasteiger charge is 2.39. The van der Waals surface area contributed by atoms with E-state index in [1.54, 1.807) is 0 Å². The van der Waals surface area contributed by atoms with Gasteiger partial charge in [0, 0.05) is 6.54 Å². The van der Waals surface area contributed by atoms with E-state index in [1.807, 2.05) is 10.9 Å². The van der Waals surface area contributed by atoms with Crippen molar-refractivity contribution in [1.29, 1.82) is 0 Å². The van der Waals surface area contributed by atoms with Crippen molar-refractivity contribution in [3.63, 3.8) is 0 Å². The molecule has 1 saturated carbocycles. The minimum atomic E-state index is 0.376. The molecule has 0 unspecified atom stereocenters. The minimum absolute atomic E-state index is 0.376. The van der Waals surface area contributed by atoms with Gasteiger partial charge in [0.2, 0.25) is 0 Å². The molecule has 0 amide bonds. The number of aromatic nitrogens is 3. The Morgan fingerprint density at radius 1 is 1.29 bits per heavy atom. The fourth-order valence-corrected chi connectivity index (χ4v) is 3.56. The van der Waals surface area contributed by atoms with E-state index in [-0.39, 0.29) is 0 Å². The van der Waals surface area contributed by atoms with Crippen molar-refractivity contribution in [3.05, 3.63) is 11.9 Å². The van der Waals surface area contributed by atoms with Crippen LogP contribution in [0.2, 0.25) is 0 Å². The molecule has 2 rings (SSSR count). The molecule has 1 aliphatic rings. The van der Waals surface area contributed by atoms with Crippen molar-refractivity contribution >= 4 is 0 Å². The predicted octanol–water partition coefficient (Wildman–Crippen LogP) is 2.51. The number of hydrogen-bond acceptors (Lipinski definition) is 3. The Hall–Kier alpha value is -0.900. The van der Waals surface area contributed by atoms with Crippen LogP contribution in [0.25, 0.3) is 0 Å².